The second-order valence-electron chi connectivity index (χ2n) is 1.89. The molecular weight excluding hydrogens is 128 g/mol. The molecule has 0 radical (unpaired) electrons. The van der Waals surface area contributed by atoms with Crippen LogP contribution in [0.5, 0.6) is 0 Å². The molecule has 1 rings (SSSR count). The van der Waals surface area contributed by atoms with E-state index in [4.69, 9.17) is 0 Å². The van der Waals surface area contributed by atoms with Crippen LogP contribution >= 0.6 is 0 Å². The van der Waals surface area contributed by atoms with Crippen molar-refractivity contribution in [2.75, 3.05) is 0 Å². The van der Waals surface area contributed by atoms with Crippen LogP contribution in [0.15, 0.2) is 29.6 Å². The van der Waals surface area contributed by atoms with Crippen molar-refractivity contribution < 1.29 is 0 Å². The molecule has 0 saturated heterocycles. The van der Waals surface area contributed by atoms with Gasteiger partial charge in [0.15, 0.2) is 0 Å². The van der Waals surface area contributed by atoms with Crippen LogP contribution in [-0.4, -0.2) is 10.7 Å². The molecule has 1 heterocycles. The smallest absolute Gasteiger partial charge is 0.0833 e. The minimum atomic E-state index is 0.417. The first-order chi connectivity index (χ1) is 4.84. The van der Waals surface area contributed by atoms with E-state index >= 15 is 0 Å². The van der Waals surface area contributed by atoms with E-state index in [9.17, 15) is 5.21 Å². The molecule has 0 amide bonds. The molecule has 3 nitrogen and oxygen atoms in total. The summed E-state index contributed by atoms with van der Waals surface area (Å²) in [4.78, 5) is 3.92. The molecule has 0 bridgehead atoms. The molecule has 0 unspecified atom stereocenters. The molecule has 1 aromatic rings. The molecule has 0 aliphatic heterocycles. The van der Waals surface area contributed by atoms with E-state index in [1.165, 1.54) is 0 Å². The maximum Gasteiger partial charge on any atom is 0.0833 e. The fourth-order valence-corrected chi connectivity index (χ4v) is 0.624. The summed E-state index contributed by atoms with van der Waals surface area (Å²) in [6.45, 7) is 1.63. The number of rotatable bonds is 1. The Labute approximate surface area is 59.0 Å². The third-order valence-corrected chi connectivity index (χ3v) is 1.17. The average molecular weight is 135 g/mol. The molecule has 0 saturated carbocycles. The van der Waals surface area contributed by atoms with Gasteiger partial charge in [0.1, 0.15) is 0 Å². The molecule has 3 heteroatoms. The first-order valence-corrected chi connectivity index (χ1v) is 2.93. The predicted octanol–water partition coefficient (Wildman–Crippen LogP) is 1.39. The monoisotopic (exact) mass is 135 g/mol. The fourth-order valence-electron chi connectivity index (χ4n) is 0.624. The molecule has 0 aliphatic rings. The van der Waals surface area contributed by atoms with Gasteiger partial charge in [-0.3, -0.25) is 4.98 Å². The van der Waals surface area contributed by atoms with Crippen LogP contribution in [0, 0.1) is 5.21 Å². The molecule has 0 N–H and O–H groups in total. The summed E-state index contributed by atoms with van der Waals surface area (Å²) >= 11 is 0. The van der Waals surface area contributed by atoms with Gasteiger partial charge in [-0.15, -0.1) is 0 Å². The molecule has 1 aromatic heterocycles. The Balaban J connectivity index is 2.96. The summed E-state index contributed by atoms with van der Waals surface area (Å²) in [5.74, 6) is 0. The Morgan fingerprint density at radius 2 is 2.40 bits per heavy atom. The van der Waals surface area contributed by atoms with E-state index in [1.807, 2.05) is 6.07 Å². The zero-order valence-corrected chi connectivity index (χ0v) is 5.61. The van der Waals surface area contributed by atoms with Gasteiger partial charge in [-0.1, -0.05) is 6.07 Å². The van der Waals surface area contributed by atoms with Crippen molar-refractivity contribution >= 4 is 5.71 Å². The number of hydrogen-bond donors (Lipinski definition) is 0. The van der Waals surface area contributed by atoms with Gasteiger partial charge in [-0.2, -0.15) is 0 Å². The van der Waals surface area contributed by atoms with Crippen molar-refractivity contribution in [2.24, 2.45) is 5.16 Å². The summed E-state index contributed by atoms with van der Waals surface area (Å²) in [6.07, 6.45) is 1.63. The summed E-state index contributed by atoms with van der Waals surface area (Å²) < 4.78 is 0. The van der Waals surface area contributed by atoms with E-state index in [-0.39, 0.29) is 0 Å². The maximum atomic E-state index is 9.98. The molecule has 0 aliphatic carbocycles. The Morgan fingerprint density at radius 3 is 2.90 bits per heavy atom. The number of hydrogen-bond acceptors (Lipinski definition) is 3. The molecule has 52 valence electrons. The first-order valence-electron chi connectivity index (χ1n) is 2.93. The van der Waals surface area contributed by atoms with Crippen molar-refractivity contribution in [3.05, 3.63) is 35.3 Å². The second-order valence-corrected chi connectivity index (χ2v) is 1.89. The van der Waals surface area contributed by atoms with Gasteiger partial charge in [-0.25, -0.2) is 0 Å². The van der Waals surface area contributed by atoms with E-state index in [0.29, 0.717) is 11.4 Å². The first kappa shape index (κ1) is 6.74. The minimum Gasteiger partial charge on any atom is -0.792 e. The summed E-state index contributed by atoms with van der Waals surface area (Å²) in [6, 6.07) is 5.36. The Kier molecular flexibility index (Phi) is 1.99. The average Bonchev–Trinajstić information content (AvgIpc) is 2.05. The van der Waals surface area contributed by atoms with E-state index in [1.54, 1.807) is 25.3 Å². The standard InChI is InChI=1S/C7H8N2O/c1-6(9-10)7-4-2-3-5-8-7/h2-5,10H,1H3/p-1/b9-6+. The van der Waals surface area contributed by atoms with E-state index in [2.05, 4.69) is 10.1 Å². The Hall–Kier alpha value is -1.38. The molecular formula is C7H7N2O-. The van der Waals surface area contributed by atoms with E-state index in [0.717, 1.165) is 0 Å². The SMILES string of the molecule is C/C(=N\[O-])c1ccccn1. The van der Waals surface area contributed by atoms with Crippen LogP contribution in [-0.2, 0) is 0 Å². The lowest BCUT2D eigenvalue weighted by molar-refractivity contribution is 1.28. The molecule has 0 fully saturated rings. The van der Waals surface area contributed by atoms with Crippen LogP contribution in [0.2, 0.25) is 0 Å². The molecule has 0 atom stereocenters. The summed E-state index contributed by atoms with van der Waals surface area (Å²) in [7, 11) is 0. The van der Waals surface area contributed by atoms with Gasteiger partial charge in [0.2, 0.25) is 0 Å². The fraction of sp³-hybridized carbons (Fsp3) is 0.143. The van der Waals surface area contributed by atoms with Crippen molar-refractivity contribution in [3.63, 3.8) is 0 Å². The zero-order chi connectivity index (χ0) is 7.40. The normalized spacial score (nSPS) is 11.5. The van der Waals surface area contributed by atoms with Crippen LogP contribution in [0.1, 0.15) is 12.6 Å². The third-order valence-electron chi connectivity index (χ3n) is 1.17. The summed E-state index contributed by atoms with van der Waals surface area (Å²) in [5, 5.41) is 12.7. The van der Waals surface area contributed by atoms with Crippen LogP contribution in [0.3, 0.4) is 0 Å². The van der Waals surface area contributed by atoms with E-state index < -0.39 is 0 Å². The number of aromatic nitrogens is 1. The zero-order valence-electron chi connectivity index (χ0n) is 5.61. The lowest BCUT2D eigenvalue weighted by atomic mass is 10.3. The van der Waals surface area contributed by atoms with Crippen molar-refractivity contribution in [2.45, 2.75) is 6.92 Å². The van der Waals surface area contributed by atoms with Crippen molar-refractivity contribution in [1.82, 2.24) is 4.98 Å². The maximum absolute atomic E-state index is 9.98. The molecule has 0 aromatic carbocycles. The van der Waals surface area contributed by atoms with Gasteiger partial charge < -0.3 is 10.4 Å². The highest BCUT2D eigenvalue weighted by Gasteiger charge is 1.91. The third kappa shape index (κ3) is 1.31. The number of nitrogens with zero attached hydrogens (tertiary/aromatic N) is 2. The second kappa shape index (κ2) is 2.96. The van der Waals surface area contributed by atoms with Gasteiger partial charge in [0.25, 0.3) is 0 Å². The van der Waals surface area contributed by atoms with Gasteiger partial charge in [0, 0.05) is 6.20 Å². The van der Waals surface area contributed by atoms with Crippen LogP contribution in [0.25, 0.3) is 0 Å². The van der Waals surface area contributed by atoms with Gasteiger partial charge in [0.05, 0.1) is 11.4 Å². The van der Waals surface area contributed by atoms with Crippen LogP contribution in [0.4, 0.5) is 0 Å². The lowest BCUT2D eigenvalue weighted by Gasteiger charge is -1.99. The van der Waals surface area contributed by atoms with Crippen LogP contribution < -0.4 is 0 Å². The predicted molar refractivity (Wildman–Crippen MR) is 39.8 cm³/mol. The summed E-state index contributed by atoms with van der Waals surface area (Å²) in [5.41, 5.74) is 1.05. The highest BCUT2D eigenvalue weighted by atomic mass is 16.4. The molecule has 0 spiro atoms. The van der Waals surface area contributed by atoms with Crippen molar-refractivity contribution in [3.8, 4) is 0 Å². The largest absolute Gasteiger partial charge is 0.792 e. The number of pyridine rings is 1. The highest BCUT2D eigenvalue weighted by Crippen LogP contribution is 1.94. The van der Waals surface area contributed by atoms with Crippen molar-refractivity contribution in [1.29, 1.82) is 0 Å². The van der Waals surface area contributed by atoms with Gasteiger partial charge in [-0.05, 0) is 19.1 Å². The lowest BCUT2D eigenvalue weighted by Crippen LogP contribution is -1.95. The topological polar surface area (TPSA) is 48.3 Å². The Bertz CT molecular complexity index is 231. The van der Waals surface area contributed by atoms with Gasteiger partial charge >= 0.3 is 0 Å². The Morgan fingerprint density at radius 1 is 1.60 bits per heavy atom. The molecule has 10 heavy (non-hydrogen) atoms. The quantitative estimate of drug-likeness (QED) is 0.431. The minimum absolute atomic E-state index is 0.417. The highest BCUT2D eigenvalue weighted by molar-refractivity contribution is 5.96.